The fourth-order valence-electron chi connectivity index (χ4n) is 2.29. The number of hydrogen-bond acceptors (Lipinski definition) is 4. The summed E-state index contributed by atoms with van der Waals surface area (Å²) in [5, 5.41) is 14.9. The molecule has 26 heavy (non-hydrogen) atoms. The predicted molar refractivity (Wildman–Crippen MR) is 121 cm³/mol. The smallest absolute Gasteiger partial charge is 0.191 e. The minimum atomic E-state index is 0. The molecule has 1 aromatic heterocycles. The zero-order valence-corrected chi connectivity index (χ0v) is 18.7. The second kappa shape index (κ2) is 13.9. The van der Waals surface area contributed by atoms with Crippen LogP contribution in [-0.2, 0) is 13.0 Å². The van der Waals surface area contributed by atoms with E-state index in [4.69, 9.17) is 0 Å². The molecular weight excluding hydrogens is 459 g/mol. The molecule has 0 unspecified atom stereocenters. The van der Waals surface area contributed by atoms with Crippen molar-refractivity contribution in [2.45, 2.75) is 38.1 Å². The molecule has 0 aliphatic heterocycles. The van der Waals surface area contributed by atoms with Gasteiger partial charge in [0, 0.05) is 43.2 Å². The molecule has 1 heterocycles. The van der Waals surface area contributed by atoms with E-state index in [1.54, 1.807) is 6.33 Å². The van der Waals surface area contributed by atoms with Crippen molar-refractivity contribution in [1.29, 1.82) is 0 Å². The van der Waals surface area contributed by atoms with Gasteiger partial charge in [0.1, 0.15) is 12.2 Å². The SMILES string of the molecule is CCCN=C(NCCSc1ccccc1)NCCn1cnnc1CC.I. The van der Waals surface area contributed by atoms with Crippen LogP contribution < -0.4 is 10.6 Å². The van der Waals surface area contributed by atoms with Crippen LogP contribution in [0.3, 0.4) is 0 Å². The van der Waals surface area contributed by atoms with Gasteiger partial charge in [-0.2, -0.15) is 0 Å². The molecule has 0 bridgehead atoms. The van der Waals surface area contributed by atoms with E-state index < -0.39 is 0 Å². The maximum atomic E-state index is 4.59. The Hall–Kier alpha value is -1.29. The molecule has 1 aromatic carbocycles. The summed E-state index contributed by atoms with van der Waals surface area (Å²) in [4.78, 5) is 5.89. The molecule has 0 amide bonds. The third-order valence-electron chi connectivity index (χ3n) is 3.56. The van der Waals surface area contributed by atoms with Crippen LogP contribution in [0.15, 0.2) is 46.5 Å². The summed E-state index contributed by atoms with van der Waals surface area (Å²) in [6.07, 6.45) is 3.72. The molecular formula is C18H29IN6S. The molecule has 2 rings (SSSR count). The summed E-state index contributed by atoms with van der Waals surface area (Å²) in [5.74, 6) is 2.89. The van der Waals surface area contributed by atoms with Crippen molar-refractivity contribution in [1.82, 2.24) is 25.4 Å². The number of benzene rings is 1. The summed E-state index contributed by atoms with van der Waals surface area (Å²) in [6, 6.07) is 10.5. The number of aryl methyl sites for hydroxylation is 1. The lowest BCUT2D eigenvalue weighted by atomic mass is 10.4. The number of rotatable bonds is 10. The van der Waals surface area contributed by atoms with Crippen LogP contribution in [0.2, 0.25) is 0 Å². The minimum absolute atomic E-state index is 0. The van der Waals surface area contributed by atoms with Crippen molar-refractivity contribution in [2.75, 3.05) is 25.4 Å². The van der Waals surface area contributed by atoms with Crippen LogP contribution in [0, 0.1) is 0 Å². The van der Waals surface area contributed by atoms with Crippen LogP contribution in [0.4, 0.5) is 0 Å². The predicted octanol–water partition coefficient (Wildman–Crippen LogP) is 3.20. The molecule has 2 aromatic rings. The first-order valence-corrected chi connectivity index (χ1v) is 9.88. The van der Waals surface area contributed by atoms with Gasteiger partial charge in [-0.05, 0) is 18.6 Å². The molecule has 144 valence electrons. The lowest BCUT2D eigenvalue weighted by Crippen LogP contribution is -2.40. The maximum Gasteiger partial charge on any atom is 0.191 e. The number of nitrogens with zero attached hydrogens (tertiary/aromatic N) is 4. The Labute approximate surface area is 177 Å². The summed E-state index contributed by atoms with van der Waals surface area (Å²) in [6.45, 7) is 7.56. The maximum absolute atomic E-state index is 4.59. The molecule has 2 N–H and O–H groups in total. The van der Waals surface area contributed by atoms with Crippen LogP contribution in [0.5, 0.6) is 0 Å². The number of aliphatic imine (C=N–C) groups is 1. The number of hydrogen-bond donors (Lipinski definition) is 2. The van der Waals surface area contributed by atoms with Crippen LogP contribution >= 0.6 is 35.7 Å². The van der Waals surface area contributed by atoms with E-state index in [0.29, 0.717) is 0 Å². The van der Waals surface area contributed by atoms with E-state index in [1.165, 1.54) is 4.90 Å². The van der Waals surface area contributed by atoms with Gasteiger partial charge in [0.15, 0.2) is 5.96 Å². The van der Waals surface area contributed by atoms with Gasteiger partial charge in [0.2, 0.25) is 0 Å². The molecule has 0 spiro atoms. The molecule has 0 fully saturated rings. The van der Waals surface area contributed by atoms with Crippen molar-refractivity contribution in [2.24, 2.45) is 4.99 Å². The van der Waals surface area contributed by atoms with Crippen molar-refractivity contribution in [3.63, 3.8) is 0 Å². The zero-order chi connectivity index (χ0) is 17.7. The van der Waals surface area contributed by atoms with Crippen LogP contribution in [0.1, 0.15) is 26.1 Å². The first kappa shape index (κ1) is 22.8. The molecule has 0 aliphatic carbocycles. The average Bonchev–Trinajstić information content (AvgIpc) is 3.11. The monoisotopic (exact) mass is 488 g/mol. The minimum Gasteiger partial charge on any atom is -0.356 e. The number of halogens is 1. The van der Waals surface area contributed by atoms with E-state index in [9.17, 15) is 0 Å². The van der Waals surface area contributed by atoms with Crippen molar-refractivity contribution < 1.29 is 0 Å². The molecule has 6 nitrogen and oxygen atoms in total. The fourth-order valence-corrected chi connectivity index (χ4v) is 3.08. The Balaban J connectivity index is 0.00000338. The third kappa shape index (κ3) is 8.39. The van der Waals surface area contributed by atoms with Crippen molar-refractivity contribution in [3.05, 3.63) is 42.5 Å². The van der Waals surface area contributed by atoms with E-state index in [1.807, 2.05) is 17.8 Å². The molecule has 0 aliphatic rings. The lowest BCUT2D eigenvalue weighted by Gasteiger charge is -2.13. The first-order valence-electron chi connectivity index (χ1n) is 8.90. The van der Waals surface area contributed by atoms with E-state index in [0.717, 1.165) is 56.6 Å². The van der Waals surface area contributed by atoms with Crippen LogP contribution in [0.25, 0.3) is 0 Å². The highest BCUT2D eigenvalue weighted by molar-refractivity contribution is 14.0. The van der Waals surface area contributed by atoms with Gasteiger partial charge in [0.05, 0.1) is 0 Å². The summed E-state index contributed by atoms with van der Waals surface area (Å²) >= 11 is 1.85. The number of aromatic nitrogens is 3. The van der Waals surface area contributed by atoms with E-state index in [2.05, 4.69) is 68.5 Å². The van der Waals surface area contributed by atoms with E-state index >= 15 is 0 Å². The topological polar surface area (TPSA) is 67.1 Å². The Kier molecular flexibility index (Phi) is 12.1. The highest BCUT2D eigenvalue weighted by atomic mass is 127. The number of nitrogens with one attached hydrogen (secondary N) is 2. The third-order valence-corrected chi connectivity index (χ3v) is 4.57. The lowest BCUT2D eigenvalue weighted by molar-refractivity contribution is 0.632. The van der Waals surface area contributed by atoms with E-state index in [-0.39, 0.29) is 24.0 Å². The standard InChI is InChI=1S/C18H28N6S.HI/c1-3-10-19-18(20-11-13-24-15-22-23-17(24)4-2)21-12-14-25-16-8-6-5-7-9-16;/h5-9,15H,3-4,10-14H2,1-2H3,(H2,19,20,21);1H. The van der Waals surface area contributed by atoms with Crippen LogP contribution in [-0.4, -0.2) is 46.1 Å². The largest absolute Gasteiger partial charge is 0.356 e. The molecule has 0 radical (unpaired) electrons. The van der Waals surface area contributed by atoms with Crippen molar-refractivity contribution in [3.8, 4) is 0 Å². The van der Waals surface area contributed by atoms with Gasteiger partial charge in [-0.3, -0.25) is 4.99 Å². The zero-order valence-electron chi connectivity index (χ0n) is 15.5. The molecule has 0 saturated heterocycles. The average molecular weight is 488 g/mol. The Morgan fingerprint density at radius 3 is 2.65 bits per heavy atom. The van der Waals surface area contributed by atoms with Gasteiger partial charge in [-0.15, -0.1) is 45.9 Å². The normalized spacial score (nSPS) is 11.1. The Morgan fingerprint density at radius 1 is 1.15 bits per heavy atom. The van der Waals surface area contributed by atoms with Gasteiger partial charge >= 0.3 is 0 Å². The first-order chi connectivity index (χ1) is 12.3. The second-order valence-electron chi connectivity index (χ2n) is 5.54. The summed E-state index contributed by atoms with van der Waals surface area (Å²) in [7, 11) is 0. The summed E-state index contributed by atoms with van der Waals surface area (Å²) < 4.78 is 2.08. The molecule has 8 heteroatoms. The summed E-state index contributed by atoms with van der Waals surface area (Å²) in [5.41, 5.74) is 0. The quantitative estimate of drug-likeness (QED) is 0.177. The Bertz CT molecular complexity index is 632. The van der Waals surface area contributed by atoms with Crippen molar-refractivity contribution >= 4 is 41.7 Å². The van der Waals surface area contributed by atoms with Gasteiger partial charge in [0.25, 0.3) is 0 Å². The van der Waals surface area contributed by atoms with Gasteiger partial charge in [-0.1, -0.05) is 32.0 Å². The van der Waals surface area contributed by atoms with Gasteiger partial charge < -0.3 is 15.2 Å². The highest BCUT2D eigenvalue weighted by Crippen LogP contribution is 2.15. The van der Waals surface area contributed by atoms with Gasteiger partial charge in [-0.25, -0.2) is 0 Å². The fraction of sp³-hybridized carbons (Fsp3) is 0.500. The number of thioether (sulfide) groups is 1. The second-order valence-corrected chi connectivity index (χ2v) is 6.71. The Morgan fingerprint density at radius 2 is 1.92 bits per heavy atom. The molecule has 0 saturated carbocycles. The molecule has 0 atom stereocenters. The highest BCUT2D eigenvalue weighted by Gasteiger charge is 2.02. The number of guanidine groups is 1.